The molecule has 0 bridgehead atoms. The van der Waals surface area contributed by atoms with Crippen LogP contribution in [0.25, 0.3) is 0 Å². The number of piperidine rings is 1. The van der Waals surface area contributed by atoms with Crippen LogP contribution in [0, 0.1) is 5.92 Å². The smallest absolute Gasteiger partial charge is 0.316 e. The Morgan fingerprint density at radius 3 is 2.56 bits per heavy atom. The summed E-state index contributed by atoms with van der Waals surface area (Å²) in [5, 5.41) is 3.19. The second kappa shape index (κ2) is 6.69. The largest absolute Gasteiger partial charge is 0.402 e. The first-order valence-electron chi connectivity index (χ1n) is 5.80. The molecule has 1 fully saturated rings. The van der Waals surface area contributed by atoms with Gasteiger partial charge < -0.3 is 5.32 Å². The summed E-state index contributed by atoms with van der Waals surface area (Å²) in [6.07, 6.45) is -1.85. The van der Waals surface area contributed by atoms with Gasteiger partial charge in [0.15, 0.2) is 0 Å². The Kier molecular flexibility index (Phi) is 5.83. The maximum Gasteiger partial charge on any atom is 0.402 e. The highest BCUT2D eigenvalue weighted by molar-refractivity contribution is 7.87. The van der Waals surface area contributed by atoms with Gasteiger partial charge in [0.05, 0.1) is 0 Å². The second-order valence-corrected chi connectivity index (χ2v) is 5.92. The molecule has 108 valence electrons. The van der Waals surface area contributed by atoms with Crippen LogP contribution < -0.4 is 14.8 Å². The topological polar surface area (TPSA) is 70.2 Å². The Hall–Kier alpha value is -0.380. The van der Waals surface area contributed by atoms with Gasteiger partial charge in [0, 0.05) is 6.54 Å². The van der Waals surface area contributed by atoms with Crippen molar-refractivity contribution in [1.29, 1.82) is 0 Å². The van der Waals surface area contributed by atoms with Crippen molar-refractivity contribution in [3.63, 3.8) is 0 Å². The van der Waals surface area contributed by atoms with Gasteiger partial charge in [0.1, 0.15) is 6.54 Å². The van der Waals surface area contributed by atoms with Crippen LogP contribution in [0.2, 0.25) is 0 Å². The number of hydrogen-bond donors (Lipinski definition) is 3. The van der Waals surface area contributed by atoms with Gasteiger partial charge in [-0.15, -0.1) is 0 Å². The molecule has 0 aromatic heterocycles. The van der Waals surface area contributed by atoms with Crippen molar-refractivity contribution in [2.24, 2.45) is 5.92 Å². The van der Waals surface area contributed by atoms with Crippen molar-refractivity contribution in [3.8, 4) is 0 Å². The van der Waals surface area contributed by atoms with Crippen LogP contribution in [0.5, 0.6) is 0 Å². The predicted octanol–water partition coefficient (Wildman–Crippen LogP) is 0.362. The zero-order valence-corrected chi connectivity index (χ0v) is 10.7. The average Bonchev–Trinajstić information content (AvgIpc) is 2.27. The van der Waals surface area contributed by atoms with E-state index in [0.717, 1.165) is 25.9 Å². The molecule has 5 nitrogen and oxygen atoms in total. The quantitative estimate of drug-likeness (QED) is 0.661. The third-order valence-electron chi connectivity index (χ3n) is 2.71. The molecule has 1 aliphatic heterocycles. The van der Waals surface area contributed by atoms with Crippen molar-refractivity contribution >= 4 is 10.2 Å². The summed E-state index contributed by atoms with van der Waals surface area (Å²) in [6, 6.07) is 0. The molecule has 0 aromatic carbocycles. The summed E-state index contributed by atoms with van der Waals surface area (Å²) < 4.78 is 61.4. The van der Waals surface area contributed by atoms with Crippen molar-refractivity contribution < 1.29 is 21.6 Å². The van der Waals surface area contributed by atoms with Crippen LogP contribution in [-0.2, 0) is 10.2 Å². The number of rotatable bonds is 6. The van der Waals surface area contributed by atoms with Crippen molar-refractivity contribution in [2.75, 3.05) is 26.2 Å². The molecule has 0 saturated carbocycles. The van der Waals surface area contributed by atoms with E-state index in [0.29, 0.717) is 12.3 Å². The molecule has 0 amide bonds. The van der Waals surface area contributed by atoms with Crippen LogP contribution in [0.3, 0.4) is 0 Å². The zero-order chi connectivity index (χ0) is 13.6. The fourth-order valence-electron chi connectivity index (χ4n) is 1.80. The molecule has 0 radical (unpaired) electrons. The summed E-state index contributed by atoms with van der Waals surface area (Å²) in [6.45, 7) is 0.403. The summed E-state index contributed by atoms with van der Waals surface area (Å²) in [4.78, 5) is 0. The molecule has 0 spiro atoms. The Labute approximate surface area is 105 Å². The lowest BCUT2D eigenvalue weighted by Crippen LogP contribution is -2.42. The molecule has 1 atom stereocenters. The van der Waals surface area contributed by atoms with Gasteiger partial charge in [0.2, 0.25) is 0 Å². The van der Waals surface area contributed by atoms with Crippen LogP contribution in [0.1, 0.15) is 19.3 Å². The van der Waals surface area contributed by atoms with Crippen LogP contribution in [0.15, 0.2) is 0 Å². The van der Waals surface area contributed by atoms with E-state index in [2.05, 4.69) is 10.0 Å². The van der Waals surface area contributed by atoms with Gasteiger partial charge in [-0.25, -0.2) is 4.72 Å². The maximum atomic E-state index is 11.8. The van der Waals surface area contributed by atoms with E-state index >= 15 is 0 Å². The van der Waals surface area contributed by atoms with Crippen molar-refractivity contribution in [2.45, 2.75) is 25.4 Å². The molecule has 0 aliphatic carbocycles. The Morgan fingerprint density at radius 1 is 1.28 bits per heavy atom. The van der Waals surface area contributed by atoms with E-state index in [1.165, 1.54) is 4.72 Å². The van der Waals surface area contributed by atoms with E-state index in [9.17, 15) is 21.6 Å². The summed E-state index contributed by atoms with van der Waals surface area (Å²) in [7, 11) is -4.06. The molecule has 1 saturated heterocycles. The second-order valence-electron chi connectivity index (χ2n) is 4.34. The van der Waals surface area contributed by atoms with Gasteiger partial charge in [0.25, 0.3) is 10.2 Å². The van der Waals surface area contributed by atoms with Gasteiger partial charge >= 0.3 is 6.18 Å². The summed E-state index contributed by atoms with van der Waals surface area (Å²) in [5.41, 5.74) is 0. The molecule has 1 rings (SSSR count). The minimum absolute atomic E-state index is 0.152. The number of hydrogen-bond acceptors (Lipinski definition) is 3. The zero-order valence-electron chi connectivity index (χ0n) is 9.89. The number of nitrogens with one attached hydrogen (secondary N) is 3. The lowest BCUT2D eigenvalue weighted by molar-refractivity contribution is -0.121. The molecule has 3 N–H and O–H groups in total. The summed E-state index contributed by atoms with van der Waals surface area (Å²) >= 11 is 0. The van der Waals surface area contributed by atoms with Crippen molar-refractivity contribution in [3.05, 3.63) is 0 Å². The normalized spacial score (nSPS) is 22.1. The van der Waals surface area contributed by atoms with Gasteiger partial charge in [-0.3, -0.25) is 0 Å². The summed E-state index contributed by atoms with van der Waals surface area (Å²) in [5.74, 6) is 0.379. The highest BCUT2D eigenvalue weighted by Gasteiger charge is 2.29. The number of halogens is 3. The fourth-order valence-corrected chi connectivity index (χ4v) is 2.64. The van der Waals surface area contributed by atoms with Crippen LogP contribution in [0.4, 0.5) is 13.2 Å². The number of alkyl halides is 3. The standard InChI is InChI=1S/C9H18F3N3O2S/c10-9(11,12)7-15-18(16,17)14-5-3-8-2-1-4-13-6-8/h8,13-15H,1-7H2. The monoisotopic (exact) mass is 289 g/mol. The molecular formula is C9H18F3N3O2S. The van der Waals surface area contributed by atoms with E-state index < -0.39 is 22.9 Å². The highest BCUT2D eigenvalue weighted by Crippen LogP contribution is 2.14. The molecule has 1 heterocycles. The van der Waals surface area contributed by atoms with Gasteiger partial charge in [-0.05, 0) is 38.3 Å². The Balaban J connectivity index is 2.20. The first-order valence-corrected chi connectivity index (χ1v) is 7.28. The predicted molar refractivity (Wildman–Crippen MR) is 61.2 cm³/mol. The molecule has 1 aliphatic rings. The Bertz CT molecular complexity index is 339. The first kappa shape index (κ1) is 15.7. The molecular weight excluding hydrogens is 271 g/mol. The highest BCUT2D eigenvalue weighted by atomic mass is 32.2. The minimum atomic E-state index is -4.54. The third kappa shape index (κ3) is 7.14. The van der Waals surface area contributed by atoms with E-state index in [4.69, 9.17) is 0 Å². The third-order valence-corrected chi connectivity index (χ3v) is 3.81. The molecule has 9 heteroatoms. The van der Waals surface area contributed by atoms with Crippen LogP contribution >= 0.6 is 0 Å². The first-order chi connectivity index (χ1) is 8.29. The van der Waals surface area contributed by atoms with E-state index in [1.54, 1.807) is 0 Å². The van der Waals surface area contributed by atoms with Crippen molar-refractivity contribution in [1.82, 2.24) is 14.8 Å². The lowest BCUT2D eigenvalue weighted by atomic mass is 9.96. The fraction of sp³-hybridized carbons (Fsp3) is 1.00. The van der Waals surface area contributed by atoms with E-state index in [1.807, 2.05) is 0 Å². The van der Waals surface area contributed by atoms with Gasteiger partial charge in [-0.2, -0.15) is 26.3 Å². The molecule has 0 aromatic rings. The minimum Gasteiger partial charge on any atom is -0.316 e. The SMILES string of the molecule is O=S(=O)(NCCC1CCCNC1)NCC(F)(F)F. The Morgan fingerprint density at radius 2 is 2.00 bits per heavy atom. The molecule has 18 heavy (non-hydrogen) atoms. The average molecular weight is 289 g/mol. The molecule has 1 unspecified atom stereocenters. The van der Waals surface area contributed by atoms with Gasteiger partial charge in [-0.1, -0.05) is 0 Å². The van der Waals surface area contributed by atoms with E-state index in [-0.39, 0.29) is 6.54 Å². The lowest BCUT2D eigenvalue weighted by Gasteiger charge is -2.22. The maximum absolute atomic E-state index is 11.8. The van der Waals surface area contributed by atoms with Crippen LogP contribution in [-0.4, -0.2) is 40.8 Å².